The highest BCUT2D eigenvalue weighted by atomic mass is 16.5. The monoisotopic (exact) mass is 169 g/mol. The molecule has 0 aliphatic heterocycles. The Morgan fingerprint density at radius 1 is 1.58 bits per heavy atom. The molecule has 0 amide bonds. The van der Waals surface area contributed by atoms with Crippen LogP contribution in [0.15, 0.2) is 25.3 Å². The van der Waals surface area contributed by atoms with Gasteiger partial charge >= 0.3 is 5.97 Å². The Bertz CT molecular complexity index is 166. The number of hydrogen-bond donors (Lipinski definition) is 0. The quantitative estimate of drug-likeness (QED) is 0.335. The van der Waals surface area contributed by atoms with E-state index in [9.17, 15) is 4.79 Å². The Balaban J connectivity index is 3.35. The van der Waals surface area contributed by atoms with Crippen molar-refractivity contribution in [3.63, 3.8) is 0 Å². The zero-order valence-corrected chi connectivity index (χ0v) is 7.45. The van der Waals surface area contributed by atoms with Crippen molar-refractivity contribution in [2.75, 3.05) is 26.7 Å². The second kappa shape index (κ2) is 6.61. The number of ether oxygens (including phenoxy) is 1. The average Bonchev–Trinajstić information content (AvgIpc) is 2.04. The molecule has 0 unspecified atom stereocenters. The number of likely N-dealkylation sites (N-methyl/N-ethyl adjacent to an activating group) is 1. The Labute approximate surface area is 73.3 Å². The minimum absolute atomic E-state index is 0.373. The van der Waals surface area contributed by atoms with E-state index >= 15 is 0 Å². The lowest BCUT2D eigenvalue weighted by molar-refractivity contribution is -0.138. The van der Waals surface area contributed by atoms with E-state index in [1.165, 1.54) is 0 Å². The molecule has 0 saturated carbocycles. The zero-order valence-electron chi connectivity index (χ0n) is 7.45. The van der Waals surface area contributed by atoms with Gasteiger partial charge < -0.3 is 4.74 Å². The van der Waals surface area contributed by atoms with Gasteiger partial charge in [0.1, 0.15) is 6.61 Å². The van der Waals surface area contributed by atoms with Crippen molar-refractivity contribution in [2.24, 2.45) is 0 Å². The molecule has 0 aromatic rings. The molecule has 0 N–H and O–H groups in total. The van der Waals surface area contributed by atoms with E-state index in [2.05, 4.69) is 13.2 Å². The van der Waals surface area contributed by atoms with Crippen LogP contribution in [0.2, 0.25) is 0 Å². The van der Waals surface area contributed by atoms with Crippen LogP contribution >= 0.6 is 0 Å². The molecule has 0 atom stereocenters. The van der Waals surface area contributed by atoms with Gasteiger partial charge in [-0.25, -0.2) is 4.79 Å². The van der Waals surface area contributed by atoms with E-state index in [1.54, 1.807) is 6.08 Å². The minimum atomic E-state index is -0.373. The Kier molecular flexibility index (Phi) is 6.01. The molecule has 0 aliphatic carbocycles. The average molecular weight is 169 g/mol. The lowest BCUT2D eigenvalue weighted by Crippen LogP contribution is -2.23. The van der Waals surface area contributed by atoms with Crippen LogP contribution in [0.3, 0.4) is 0 Å². The standard InChI is InChI=1S/C9H15NO2/c1-4-6-10(3)7-8-12-9(11)5-2/h4-5H,1-2,6-8H2,3H3. The molecule has 0 saturated heterocycles. The summed E-state index contributed by atoms with van der Waals surface area (Å²) in [5.41, 5.74) is 0. The summed E-state index contributed by atoms with van der Waals surface area (Å²) in [6.07, 6.45) is 2.96. The number of hydrogen-bond acceptors (Lipinski definition) is 3. The molecule has 68 valence electrons. The fraction of sp³-hybridized carbons (Fsp3) is 0.444. The number of nitrogens with zero attached hydrogens (tertiary/aromatic N) is 1. The largest absolute Gasteiger partial charge is 0.461 e. The van der Waals surface area contributed by atoms with Crippen molar-refractivity contribution >= 4 is 5.97 Å². The normalized spacial score (nSPS) is 9.50. The summed E-state index contributed by atoms with van der Waals surface area (Å²) >= 11 is 0. The number of esters is 1. The summed E-state index contributed by atoms with van der Waals surface area (Å²) in [7, 11) is 1.93. The number of carbonyl (C=O) groups is 1. The fourth-order valence-electron chi connectivity index (χ4n) is 0.673. The Hall–Kier alpha value is -1.09. The maximum Gasteiger partial charge on any atom is 0.330 e. The topological polar surface area (TPSA) is 29.5 Å². The van der Waals surface area contributed by atoms with E-state index in [0.717, 1.165) is 12.6 Å². The predicted molar refractivity (Wildman–Crippen MR) is 48.9 cm³/mol. The first-order chi connectivity index (χ1) is 5.70. The van der Waals surface area contributed by atoms with Gasteiger partial charge in [0.05, 0.1) is 0 Å². The maximum absolute atomic E-state index is 10.6. The summed E-state index contributed by atoms with van der Waals surface area (Å²) < 4.78 is 4.78. The van der Waals surface area contributed by atoms with Gasteiger partial charge in [-0.1, -0.05) is 12.7 Å². The second-order valence-corrected chi connectivity index (χ2v) is 2.42. The molecule has 0 aliphatic rings. The highest BCUT2D eigenvalue weighted by Crippen LogP contribution is 1.84. The summed E-state index contributed by atoms with van der Waals surface area (Å²) in [5.74, 6) is -0.373. The van der Waals surface area contributed by atoms with Gasteiger partial charge in [-0.15, -0.1) is 6.58 Å². The number of carbonyl (C=O) groups excluding carboxylic acids is 1. The fourth-order valence-corrected chi connectivity index (χ4v) is 0.673. The first kappa shape index (κ1) is 10.9. The summed E-state index contributed by atoms with van der Waals surface area (Å²) in [6.45, 7) is 8.79. The van der Waals surface area contributed by atoms with Crippen molar-refractivity contribution < 1.29 is 9.53 Å². The molecule has 0 bridgehead atoms. The second-order valence-electron chi connectivity index (χ2n) is 2.42. The van der Waals surface area contributed by atoms with Crippen LogP contribution in [-0.4, -0.2) is 37.6 Å². The molecule has 0 spiro atoms. The minimum Gasteiger partial charge on any atom is -0.461 e. The lowest BCUT2D eigenvalue weighted by atomic mass is 10.5. The lowest BCUT2D eigenvalue weighted by Gasteiger charge is -2.12. The molecule has 0 fully saturated rings. The molecule has 3 nitrogen and oxygen atoms in total. The van der Waals surface area contributed by atoms with Crippen LogP contribution in [0.1, 0.15) is 0 Å². The van der Waals surface area contributed by atoms with Crippen LogP contribution in [0.4, 0.5) is 0 Å². The van der Waals surface area contributed by atoms with Gasteiger partial charge in [0.25, 0.3) is 0 Å². The third-order valence-electron chi connectivity index (χ3n) is 1.32. The van der Waals surface area contributed by atoms with Crippen LogP contribution in [-0.2, 0) is 9.53 Å². The van der Waals surface area contributed by atoms with Crippen LogP contribution in [0.5, 0.6) is 0 Å². The third kappa shape index (κ3) is 5.68. The van der Waals surface area contributed by atoms with Crippen LogP contribution in [0.25, 0.3) is 0 Å². The molecule has 0 aromatic heterocycles. The highest BCUT2D eigenvalue weighted by Gasteiger charge is 1.97. The van der Waals surface area contributed by atoms with E-state index in [1.807, 2.05) is 11.9 Å². The van der Waals surface area contributed by atoms with Crippen LogP contribution in [0, 0.1) is 0 Å². The smallest absolute Gasteiger partial charge is 0.330 e. The SMILES string of the molecule is C=CCN(C)CCOC(=O)C=C. The Morgan fingerprint density at radius 2 is 2.25 bits per heavy atom. The molecular weight excluding hydrogens is 154 g/mol. The molecule has 0 rings (SSSR count). The van der Waals surface area contributed by atoms with Gasteiger partial charge in [-0.05, 0) is 7.05 Å². The molecule has 12 heavy (non-hydrogen) atoms. The molecular formula is C9H15NO2. The van der Waals surface area contributed by atoms with Crippen molar-refractivity contribution in [2.45, 2.75) is 0 Å². The van der Waals surface area contributed by atoms with Gasteiger partial charge in [0.2, 0.25) is 0 Å². The molecule has 3 heteroatoms. The summed E-state index contributed by atoms with van der Waals surface area (Å²) in [6, 6.07) is 0. The van der Waals surface area contributed by atoms with Crippen molar-refractivity contribution in [3.05, 3.63) is 25.3 Å². The van der Waals surface area contributed by atoms with Gasteiger partial charge in [-0.2, -0.15) is 0 Å². The van der Waals surface area contributed by atoms with Crippen molar-refractivity contribution in [3.8, 4) is 0 Å². The van der Waals surface area contributed by atoms with E-state index in [0.29, 0.717) is 13.2 Å². The first-order valence-electron chi connectivity index (χ1n) is 3.79. The van der Waals surface area contributed by atoms with Crippen molar-refractivity contribution in [1.29, 1.82) is 0 Å². The zero-order chi connectivity index (χ0) is 9.40. The van der Waals surface area contributed by atoms with Gasteiger partial charge in [0, 0.05) is 19.2 Å². The number of rotatable bonds is 6. The van der Waals surface area contributed by atoms with Crippen molar-refractivity contribution in [1.82, 2.24) is 4.90 Å². The highest BCUT2D eigenvalue weighted by molar-refractivity contribution is 5.81. The predicted octanol–water partition coefficient (Wildman–Crippen LogP) is 0.833. The van der Waals surface area contributed by atoms with Gasteiger partial charge in [0.15, 0.2) is 0 Å². The molecule has 0 aromatic carbocycles. The van der Waals surface area contributed by atoms with E-state index in [4.69, 9.17) is 4.74 Å². The Morgan fingerprint density at radius 3 is 2.75 bits per heavy atom. The third-order valence-corrected chi connectivity index (χ3v) is 1.32. The van der Waals surface area contributed by atoms with Gasteiger partial charge in [-0.3, -0.25) is 4.90 Å². The van der Waals surface area contributed by atoms with E-state index < -0.39 is 0 Å². The summed E-state index contributed by atoms with van der Waals surface area (Å²) in [5, 5.41) is 0. The maximum atomic E-state index is 10.6. The summed E-state index contributed by atoms with van der Waals surface area (Å²) in [4.78, 5) is 12.6. The molecule has 0 heterocycles. The first-order valence-corrected chi connectivity index (χ1v) is 3.79. The van der Waals surface area contributed by atoms with Crippen LogP contribution < -0.4 is 0 Å². The van der Waals surface area contributed by atoms with E-state index in [-0.39, 0.29) is 5.97 Å². The molecule has 0 radical (unpaired) electrons.